The summed E-state index contributed by atoms with van der Waals surface area (Å²) in [5.74, 6) is -0.664. The van der Waals surface area contributed by atoms with Crippen LogP contribution in [-0.2, 0) is 4.79 Å². The molecule has 0 fully saturated rings. The Morgan fingerprint density at radius 1 is 1.12 bits per heavy atom. The van der Waals surface area contributed by atoms with Crippen molar-refractivity contribution in [1.29, 1.82) is 0 Å². The van der Waals surface area contributed by atoms with Crippen molar-refractivity contribution in [2.75, 3.05) is 16.3 Å². The van der Waals surface area contributed by atoms with Crippen LogP contribution in [0.4, 0.5) is 20.6 Å². The average Bonchev–Trinajstić information content (AvgIpc) is 2.79. The van der Waals surface area contributed by atoms with Gasteiger partial charge in [-0.15, -0.1) is 0 Å². The maximum absolute atomic E-state index is 16.2. The third kappa shape index (κ3) is 3.70. The van der Waals surface area contributed by atoms with E-state index in [4.69, 9.17) is 0 Å². The quantitative estimate of drug-likeness (QED) is 0.678. The summed E-state index contributed by atoms with van der Waals surface area (Å²) in [6.45, 7) is 5.78. The first kappa shape index (κ1) is 21.8. The zero-order chi connectivity index (χ0) is 23.0. The number of hydrogen-bond donors (Lipinski definition) is 1. The van der Waals surface area contributed by atoms with E-state index in [1.54, 1.807) is 18.2 Å². The number of anilines is 2. The normalized spacial score (nSPS) is 22.4. The van der Waals surface area contributed by atoms with E-state index in [1.807, 2.05) is 57.2 Å². The molecular weight excluding hydrogens is 407 g/mol. The number of nitrogens with zero attached hydrogens (tertiary/aromatic N) is 2. The first-order valence-electron chi connectivity index (χ1n) is 10.8. The molecule has 2 aromatic rings. The maximum atomic E-state index is 16.2. The Bertz CT molecular complexity index is 1130. The van der Waals surface area contributed by atoms with Gasteiger partial charge in [0.2, 0.25) is 5.67 Å². The van der Waals surface area contributed by atoms with Crippen molar-refractivity contribution in [3.63, 3.8) is 0 Å². The number of halogens is 1. The van der Waals surface area contributed by atoms with Crippen LogP contribution in [0, 0.1) is 13.8 Å². The molecule has 2 atom stereocenters. The van der Waals surface area contributed by atoms with Crippen LogP contribution >= 0.6 is 0 Å². The Kier molecular flexibility index (Phi) is 5.63. The molecule has 166 valence electrons. The van der Waals surface area contributed by atoms with E-state index in [-0.39, 0.29) is 13.0 Å². The SMILES string of the molecule is CCC1CN(C(=O)C2(F)C=CC=C(c3ccccc3)C2)c2cc(C)c(C)cc2N1C(=O)O. The fourth-order valence-corrected chi connectivity index (χ4v) is 4.48. The number of rotatable bonds is 3. The van der Waals surface area contributed by atoms with Crippen LogP contribution in [-0.4, -0.2) is 35.4 Å². The summed E-state index contributed by atoms with van der Waals surface area (Å²) in [6.07, 6.45) is 4.10. The number of aryl methyl sites for hydroxylation is 2. The van der Waals surface area contributed by atoms with Gasteiger partial charge in [0.05, 0.1) is 17.4 Å². The van der Waals surface area contributed by atoms with Crippen molar-refractivity contribution in [3.05, 3.63) is 77.4 Å². The number of allylic oxidation sites excluding steroid dienone is 3. The molecule has 0 aromatic heterocycles. The van der Waals surface area contributed by atoms with Gasteiger partial charge in [-0.05, 0) is 60.7 Å². The largest absolute Gasteiger partial charge is 0.465 e. The van der Waals surface area contributed by atoms with Crippen LogP contribution in [0.2, 0.25) is 0 Å². The van der Waals surface area contributed by atoms with Gasteiger partial charge in [-0.2, -0.15) is 0 Å². The van der Waals surface area contributed by atoms with Crippen molar-refractivity contribution in [2.45, 2.75) is 45.3 Å². The van der Waals surface area contributed by atoms with Crippen molar-refractivity contribution in [2.24, 2.45) is 0 Å². The molecule has 1 N–H and O–H groups in total. The number of carbonyl (C=O) groups is 2. The molecule has 2 unspecified atom stereocenters. The number of alkyl halides is 1. The highest BCUT2D eigenvalue weighted by Gasteiger charge is 2.46. The predicted molar refractivity (Wildman–Crippen MR) is 125 cm³/mol. The van der Waals surface area contributed by atoms with Crippen molar-refractivity contribution in [3.8, 4) is 0 Å². The minimum Gasteiger partial charge on any atom is -0.465 e. The summed E-state index contributed by atoms with van der Waals surface area (Å²) < 4.78 is 16.2. The average molecular weight is 435 g/mol. The first-order chi connectivity index (χ1) is 15.2. The van der Waals surface area contributed by atoms with Gasteiger partial charge in [-0.25, -0.2) is 9.18 Å². The molecule has 2 aliphatic rings. The topological polar surface area (TPSA) is 60.9 Å². The molecule has 1 heterocycles. The highest BCUT2D eigenvalue weighted by Crippen LogP contribution is 2.42. The van der Waals surface area contributed by atoms with Crippen LogP contribution < -0.4 is 9.80 Å². The minimum atomic E-state index is -2.21. The second-order valence-electron chi connectivity index (χ2n) is 8.51. The molecule has 0 saturated carbocycles. The molecule has 5 nitrogen and oxygen atoms in total. The smallest absolute Gasteiger partial charge is 0.412 e. The highest BCUT2D eigenvalue weighted by molar-refractivity contribution is 6.07. The fourth-order valence-electron chi connectivity index (χ4n) is 4.48. The van der Waals surface area contributed by atoms with E-state index >= 15 is 4.39 Å². The lowest BCUT2D eigenvalue weighted by molar-refractivity contribution is -0.127. The summed E-state index contributed by atoms with van der Waals surface area (Å²) >= 11 is 0. The van der Waals surface area contributed by atoms with Gasteiger partial charge in [0.15, 0.2) is 0 Å². The maximum Gasteiger partial charge on any atom is 0.412 e. The van der Waals surface area contributed by atoms with E-state index in [2.05, 4.69) is 0 Å². The van der Waals surface area contributed by atoms with E-state index in [1.165, 1.54) is 15.9 Å². The zero-order valence-corrected chi connectivity index (χ0v) is 18.5. The highest BCUT2D eigenvalue weighted by atomic mass is 19.1. The molecule has 1 aliphatic heterocycles. The van der Waals surface area contributed by atoms with Gasteiger partial charge >= 0.3 is 6.09 Å². The van der Waals surface area contributed by atoms with Crippen molar-refractivity contribution >= 4 is 28.9 Å². The number of carbonyl (C=O) groups excluding carboxylic acids is 1. The third-order valence-corrected chi connectivity index (χ3v) is 6.43. The van der Waals surface area contributed by atoms with Crippen LogP contribution in [0.15, 0.2) is 60.7 Å². The van der Waals surface area contributed by atoms with Crippen LogP contribution in [0.1, 0.15) is 36.5 Å². The Labute approximate surface area is 187 Å². The lowest BCUT2D eigenvalue weighted by Gasteiger charge is -2.43. The third-order valence-electron chi connectivity index (χ3n) is 6.43. The van der Waals surface area contributed by atoms with E-state index < -0.39 is 23.7 Å². The minimum absolute atomic E-state index is 0.0670. The molecule has 0 spiro atoms. The molecule has 2 aromatic carbocycles. The summed E-state index contributed by atoms with van der Waals surface area (Å²) in [4.78, 5) is 28.5. The Morgan fingerprint density at radius 3 is 2.41 bits per heavy atom. The van der Waals surface area contributed by atoms with Gasteiger partial charge in [-0.1, -0.05) is 49.4 Å². The van der Waals surface area contributed by atoms with Gasteiger partial charge in [0.25, 0.3) is 5.91 Å². The molecule has 6 heteroatoms. The molecular formula is C26H27FN2O3. The lowest BCUT2D eigenvalue weighted by atomic mass is 9.86. The van der Waals surface area contributed by atoms with E-state index in [9.17, 15) is 14.7 Å². The molecule has 0 radical (unpaired) electrons. The first-order valence-corrected chi connectivity index (χ1v) is 10.8. The number of benzene rings is 2. The lowest BCUT2D eigenvalue weighted by Crippen LogP contribution is -2.56. The molecule has 1 aliphatic carbocycles. The predicted octanol–water partition coefficient (Wildman–Crippen LogP) is 5.66. The number of carboxylic acid groups (broad SMARTS) is 1. The van der Waals surface area contributed by atoms with Crippen molar-refractivity contribution in [1.82, 2.24) is 0 Å². The molecule has 0 bridgehead atoms. The number of amides is 2. The molecule has 0 saturated heterocycles. The summed E-state index contributed by atoms with van der Waals surface area (Å²) in [7, 11) is 0. The Balaban J connectivity index is 1.74. The summed E-state index contributed by atoms with van der Waals surface area (Å²) in [5, 5.41) is 9.86. The van der Waals surface area contributed by atoms with Crippen LogP contribution in [0.3, 0.4) is 0 Å². The molecule has 32 heavy (non-hydrogen) atoms. The number of hydrogen-bond acceptors (Lipinski definition) is 2. The van der Waals surface area contributed by atoms with Gasteiger partial charge < -0.3 is 10.0 Å². The monoisotopic (exact) mass is 434 g/mol. The zero-order valence-electron chi connectivity index (χ0n) is 18.5. The summed E-state index contributed by atoms with van der Waals surface area (Å²) in [5.41, 5.74) is 2.11. The van der Waals surface area contributed by atoms with Gasteiger partial charge in [0, 0.05) is 13.0 Å². The van der Waals surface area contributed by atoms with Crippen molar-refractivity contribution < 1.29 is 19.1 Å². The second-order valence-corrected chi connectivity index (χ2v) is 8.51. The molecule has 2 amide bonds. The molecule has 4 rings (SSSR count). The van der Waals surface area contributed by atoms with Crippen LogP contribution in [0.25, 0.3) is 5.57 Å². The second kappa shape index (κ2) is 8.26. The fraction of sp³-hybridized carbons (Fsp3) is 0.308. The van der Waals surface area contributed by atoms with Gasteiger partial charge in [0.1, 0.15) is 0 Å². The van der Waals surface area contributed by atoms with Crippen LogP contribution in [0.5, 0.6) is 0 Å². The van der Waals surface area contributed by atoms with E-state index in [0.717, 1.165) is 22.3 Å². The Hall–Kier alpha value is -3.41. The van der Waals surface area contributed by atoms with E-state index in [0.29, 0.717) is 17.8 Å². The number of fused-ring (bicyclic) bond motifs is 1. The van der Waals surface area contributed by atoms with Gasteiger partial charge in [-0.3, -0.25) is 9.69 Å². The standard InChI is InChI=1S/C26H27FN2O3/c1-4-21-16-28(22-13-17(2)18(3)14-23(22)29(21)25(31)32)24(30)26(27)12-8-11-20(15-26)19-9-6-5-7-10-19/h5-14,21H,4,15-16H2,1-3H3,(H,31,32). The Morgan fingerprint density at radius 2 is 1.78 bits per heavy atom. The summed E-state index contributed by atoms with van der Waals surface area (Å²) in [6, 6.07) is 12.6.